The van der Waals surface area contributed by atoms with Crippen LogP contribution < -0.4 is 15.1 Å². The van der Waals surface area contributed by atoms with Crippen LogP contribution in [0.2, 0.25) is 0 Å². The fourth-order valence-electron chi connectivity index (χ4n) is 7.08. The van der Waals surface area contributed by atoms with Crippen molar-refractivity contribution in [3.8, 4) is 0 Å². The summed E-state index contributed by atoms with van der Waals surface area (Å²) in [6.45, 7) is 6.34. The molecule has 0 atom stereocenters. The van der Waals surface area contributed by atoms with Gasteiger partial charge in [0.2, 0.25) is 11.7 Å². The van der Waals surface area contributed by atoms with E-state index in [9.17, 15) is 19.2 Å². The standard InChI is InChI=1S/C32H33N9O4/c42-27-11-15-40(32(45)35-27)41-29(43)22-4-3-7-25(28(22)30(41)44)37-12-8-21(9-13-37)20-36-16-18-38(19-17-36)26-10-14-39-24-6-2-1-5-23(24)33-31(39)34-26/h1-7,10,14,21H,8-9,11-13,15-20H2,(H,35,42,45). The van der Waals surface area contributed by atoms with E-state index in [-0.39, 0.29) is 18.5 Å². The summed E-state index contributed by atoms with van der Waals surface area (Å²) in [6.07, 6.45) is 4.06. The lowest BCUT2D eigenvalue weighted by Crippen LogP contribution is -2.58. The van der Waals surface area contributed by atoms with Gasteiger partial charge < -0.3 is 9.80 Å². The van der Waals surface area contributed by atoms with Gasteiger partial charge in [0.05, 0.1) is 34.4 Å². The van der Waals surface area contributed by atoms with Crippen LogP contribution in [0.15, 0.2) is 54.7 Å². The topological polar surface area (TPSA) is 127 Å². The Hall–Kier alpha value is -5.04. The monoisotopic (exact) mass is 607 g/mol. The van der Waals surface area contributed by atoms with Crippen molar-refractivity contribution in [3.05, 3.63) is 65.9 Å². The van der Waals surface area contributed by atoms with Gasteiger partial charge in [-0.1, -0.05) is 18.2 Å². The van der Waals surface area contributed by atoms with Crippen LogP contribution in [0.1, 0.15) is 40.0 Å². The molecule has 2 aromatic carbocycles. The molecule has 0 aliphatic carbocycles. The lowest BCUT2D eigenvalue weighted by atomic mass is 9.94. The van der Waals surface area contributed by atoms with E-state index in [4.69, 9.17) is 9.97 Å². The SMILES string of the molecule is O=C1CCN(N2C(=O)c3cccc(N4CCC(CN5CCN(c6ccn7c(n6)nc6ccccc67)CC5)CC4)c3C2=O)C(=O)N1. The Labute approximate surface area is 259 Å². The number of amides is 5. The maximum absolute atomic E-state index is 13.5. The Bertz CT molecular complexity index is 1860. The lowest BCUT2D eigenvalue weighted by molar-refractivity contribution is -0.122. The molecule has 4 aliphatic rings. The van der Waals surface area contributed by atoms with Gasteiger partial charge in [-0.05, 0) is 49.1 Å². The van der Waals surface area contributed by atoms with E-state index in [1.807, 2.05) is 28.7 Å². The first-order valence-corrected chi connectivity index (χ1v) is 15.5. The molecule has 4 aromatic rings. The van der Waals surface area contributed by atoms with Crippen molar-refractivity contribution in [3.63, 3.8) is 0 Å². The van der Waals surface area contributed by atoms with Crippen LogP contribution in [0.5, 0.6) is 0 Å². The lowest BCUT2D eigenvalue weighted by Gasteiger charge is -2.40. The number of carbonyl (C=O) groups is 4. The number of rotatable bonds is 5. The van der Waals surface area contributed by atoms with Crippen LogP contribution in [-0.4, -0.2) is 105 Å². The number of nitrogens with one attached hydrogen (secondary N) is 1. The van der Waals surface area contributed by atoms with Gasteiger partial charge in [-0.15, -0.1) is 0 Å². The summed E-state index contributed by atoms with van der Waals surface area (Å²) in [4.78, 5) is 67.3. The molecule has 0 unspecified atom stereocenters. The molecular weight excluding hydrogens is 574 g/mol. The molecule has 2 aromatic heterocycles. The number of urea groups is 1. The highest BCUT2D eigenvalue weighted by Crippen LogP contribution is 2.35. The molecule has 230 valence electrons. The highest BCUT2D eigenvalue weighted by atomic mass is 16.2. The quantitative estimate of drug-likeness (QED) is 0.340. The summed E-state index contributed by atoms with van der Waals surface area (Å²) < 4.78 is 2.03. The molecule has 5 amide bonds. The molecule has 13 heteroatoms. The smallest absolute Gasteiger partial charge is 0.343 e. The van der Waals surface area contributed by atoms with E-state index in [0.29, 0.717) is 11.5 Å². The van der Waals surface area contributed by atoms with E-state index < -0.39 is 23.8 Å². The largest absolute Gasteiger partial charge is 0.371 e. The number of hydrogen-bond donors (Lipinski definition) is 1. The van der Waals surface area contributed by atoms with Crippen LogP contribution in [0.4, 0.5) is 16.3 Å². The Morgan fingerprint density at radius 3 is 2.38 bits per heavy atom. The highest BCUT2D eigenvalue weighted by molar-refractivity contribution is 6.24. The molecule has 0 saturated carbocycles. The van der Waals surface area contributed by atoms with E-state index in [1.165, 1.54) is 0 Å². The minimum absolute atomic E-state index is 0.0153. The molecule has 0 spiro atoms. The summed E-state index contributed by atoms with van der Waals surface area (Å²) in [5.74, 6) is 0.742. The van der Waals surface area contributed by atoms with Crippen LogP contribution in [0.25, 0.3) is 16.8 Å². The number of hydrogen-bond acceptors (Lipinski definition) is 9. The van der Waals surface area contributed by atoms with Gasteiger partial charge in [0.1, 0.15) is 5.82 Å². The first kappa shape index (κ1) is 27.5. The van der Waals surface area contributed by atoms with Crippen LogP contribution in [0.3, 0.4) is 0 Å². The van der Waals surface area contributed by atoms with Gasteiger partial charge in [-0.2, -0.15) is 9.99 Å². The number of piperazine rings is 1. The molecular formula is C32H33N9O4. The third-order valence-corrected chi connectivity index (χ3v) is 9.48. The molecule has 3 saturated heterocycles. The third-order valence-electron chi connectivity index (χ3n) is 9.48. The van der Waals surface area contributed by atoms with Crippen molar-refractivity contribution in [2.75, 3.05) is 62.2 Å². The zero-order valence-corrected chi connectivity index (χ0v) is 24.8. The maximum atomic E-state index is 13.5. The van der Waals surface area contributed by atoms with Crippen LogP contribution >= 0.6 is 0 Å². The molecule has 8 rings (SSSR count). The Balaban J connectivity index is 0.878. The summed E-state index contributed by atoms with van der Waals surface area (Å²) >= 11 is 0. The number of anilines is 2. The summed E-state index contributed by atoms with van der Waals surface area (Å²) in [6, 6.07) is 14.7. The van der Waals surface area contributed by atoms with Gasteiger partial charge in [0.15, 0.2) is 0 Å². The number of fused-ring (bicyclic) bond motifs is 4. The van der Waals surface area contributed by atoms with E-state index >= 15 is 0 Å². The summed E-state index contributed by atoms with van der Waals surface area (Å²) in [5.41, 5.74) is 3.35. The maximum Gasteiger partial charge on any atom is 0.343 e. The summed E-state index contributed by atoms with van der Waals surface area (Å²) in [7, 11) is 0. The molecule has 0 bridgehead atoms. The van der Waals surface area contributed by atoms with Crippen molar-refractivity contribution in [2.24, 2.45) is 5.92 Å². The number of aromatic nitrogens is 3. The predicted molar refractivity (Wildman–Crippen MR) is 166 cm³/mol. The van der Waals surface area contributed by atoms with Gasteiger partial charge in [0, 0.05) is 58.4 Å². The Kier molecular flexibility index (Phi) is 6.63. The fourth-order valence-corrected chi connectivity index (χ4v) is 7.08. The number of carbonyl (C=O) groups excluding carboxylic acids is 4. The average molecular weight is 608 g/mol. The molecule has 3 fully saturated rings. The zero-order chi connectivity index (χ0) is 30.7. The minimum Gasteiger partial charge on any atom is -0.371 e. The average Bonchev–Trinajstić information content (AvgIpc) is 3.55. The van der Waals surface area contributed by atoms with Crippen LogP contribution in [0, 0.1) is 5.92 Å². The number of imide groups is 2. The number of nitrogens with zero attached hydrogens (tertiary/aromatic N) is 8. The normalized spacial score (nSPS) is 20.1. The third kappa shape index (κ3) is 4.74. The van der Waals surface area contributed by atoms with Crippen LogP contribution in [-0.2, 0) is 4.79 Å². The molecule has 13 nitrogen and oxygen atoms in total. The number of imidazole rings is 1. The van der Waals surface area contributed by atoms with Gasteiger partial charge in [0.25, 0.3) is 11.8 Å². The van der Waals surface area contributed by atoms with Crippen molar-refractivity contribution in [2.45, 2.75) is 19.3 Å². The highest BCUT2D eigenvalue weighted by Gasteiger charge is 2.45. The molecule has 0 radical (unpaired) electrons. The second-order valence-electron chi connectivity index (χ2n) is 12.1. The molecule has 4 aliphatic heterocycles. The van der Waals surface area contributed by atoms with E-state index in [2.05, 4.69) is 38.3 Å². The fraction of sp³-hybridized carbons (Fsp3) is 0.375. The molecule has 6 heterocycles. The number of benzene rings is 2. The first-order valence-electron chi connectivity index (χ1n) is 15.5. The van der Waals surface area contributed by atoms with Crippen molar-refractivity contribution in [1.82, 2.24) is 34.6 Å². The summed E-state index contributed by atoms with van der Waals surface area (Å²) in [5, 5.41) is 4.11. The Morgan fingerprint density at radius 2 is 1.58 bits per heavy atom. The second-order valence-corrected chi connectivity index (χ2v) is 12.1. The van der Waals surface area contributed by atoms with Gasteiger partial charge in [-0.3, -0.25) is 29.0 Å². The van der Waals surface area contributed by atoms with Gasteiger partial charge in [-0.25, -0.2) is 14.8 Å². The van der Waals surface area contributed by atoms with E-state index in [0.717, 1.165) is 97.0 Å². The van der Waals surface area contributed by atoms with Crippen molar-refractivity contribution < 1.29 is 19.2 Å². The number of para-hydroxylation sites is 2. The van der Waals surface area contributed by atoms with Crippen molar-refractivity contribution in [1.29, 1.82) is 0 Å². The van der Waals surface area contributed by atoms with E-state index in [1.54, 1.807) is 12.1 Å². The molecule has 45 heavy (non-hydrogen) atoms. The number of hydrazine groups is 1. The van der Waals surface area contributed by atoms with Gasteiger partial charge >= 0.3 is 6.03 Å². The Morgan fingerprint density at radius 1 is 0.778 bits per heavy atom. The number of piperidine rings is 1. The molecule has 1 N–H and O–H groups in total. The minimum atomic E-state index is -0.756. The zero-order valence-electron chi connectivity index (χ0n) is 24.8. The van der Waals surface area contributed by atoms with Crippen molar-refractivity contribution >= 4 is 52.1 Å². The second kappa shape index (κ2) is 10.8. The predicted octanol–water partition coefficient (Wildman–Crippen LogP) is 2.37. The first-order chi connectivity index (χ1) is 21.9.